The number of hydrogen-bond acceptors (Lipinski definition) is 8. The molecular weight excluding hydrogens is 715 g/mol. The number of nitrogens with one attached hydrogen (secondary N) is 1. The molecule has 0 spiro atoms. The molecule has 0 saturated carbocycles. The number of aryl methyl sites for hydroxylation is 1. The highest BCUT2D eigenvalue weighted by Gasteiger charge is 2.38. The molecule has 4 aliphatic rings. The summed E-state index contributed by atoms with van der Waals surface area (Å²) in [5.74, 6) is 3.64. The maximum atomic E-state index is 13.1. The molecular formula is C47H47N5O5. The number of aromatic hydroxyl groups is 1. The number of pyridine rings is 1. The number of ether oxygens (including phenoxy) is 2. The zero-order chi connectivity index (χ0) is 38.9. The predicted molar refractivity (Wildman–Crippen MR) is 219 cm³/mol. The largest absolute Gasteiger partial charge is 0.508 e. The molecule has 4 heterocycles. The Balaban J connectivity index is 0.751. The van der Waals surface area contributed by atoms with Gasteiger partial charge in [-0.15, -0.1) is 0 Å². The van der Waals surface area contributed by atoms with E-state index in [1.165, 1.54) is 22.3 Å². The van der Waals surface area contributed by atoms with Crippen molar-refractivity contribution in [3.05, 3.63) is 155 Å². The summed E-state index contributed by atoms with van der Waals surface area (Å²) in [6.07, 6.45) is 4.97. The number of fused-ring (bicyclic) bond motifs is 2. The molecule has 1 aliphatic carbocycles. The van der Waals surface area contributed by atoms with Gasteiger partial charge in [0.1, 0.15) is 41.5 Å². The van der Waals surface area contributed by atoms with Gasteiger partial charge in [-0.05, 0) is 114 Å². The number of rotatable bonds is 10. The van der Waals surface area contributed by atoms with Crippen LogP contribution in [0, 0.1) is 0 Å². The first-order valence-corrected chi connectivity index (χ1v) is 20.0. The van der Waals surface area contributed by atoms with Gasteiger partial charge in [-0.25, -0.2) is 4.98 Å². The van der Waals surface area contributed by atoms with Crippen LogP contribution in [0.1, 0.15) is 69.3 Å². The summed E-state index contributed by atoms with van der Waals surface area (Å²) in [4.78, 5) is 36.7. The standard InChI is InChI=1S/C47H47N5O5/c1-31-7-19-43(46(54)49-31)52-30-35-28-38(14-18-42(35)47(52)55)57-39-15-20-44(48-29-39)51-23-21-50(22-24-51)25-26-56-37-12-8-33(9-13-37)45-40(32-5-3-2-4-6-32)16-10-34-27-36(53)11-17-41(34)45/h2-6,8-9,11-15,17-18,20,27-29,40,43,45,53H,1,7,10,16,19,21-26,30H2,(H,49,54)/t40-,43?,45+/m1/s1. The van der Waals surface area contributed by atoms with Crippen LogP contribution in [0.2, 0.25) is 0 Å². The van der Waals surface area contributed by atoms with E-state index in [1.807, 2.05) is 30.3 Å². The molecule has 4 aromatic carbocycles. The highest BCUT2D eigenvalue weighted by molar-refractivity contribution is 6.01. The molecule has 57 heavy (non-hydrogen) atoms. The quantitative estimate of drug-likeness (QED) is 0.152. The molecule has 0 radical (unpaired) electrons. The van der Waals surface area contributed by atoms with E-state index in [9.17, 15) is 14.7 Å². The number of nitrogens with zero attached hydrogens (tertiary/aromatic N) is 4. The first-order chi connectivity index (χ1) is 27.9. The van der Waals surface area contributed by atoms with Crippen LogP contribution < -0.4 is 19.7 Å². The number of piperazine rings is 1. The average Bonchev–Trinajstić information content (AvgIpc) is 3.56. The van der Waals surface area contributed by atoms with Crippen molar-refractivity contribution in [2.75, 3.05) is 44.2 Å². The Bertz CT molecular complexity index is 2270. The van der Waals surface area contributed by atoms with Gasteiger partial charge >= 0.3 is 0 Å². The Kier molecular flexibility index (Phi) is 10.1. The third kappa shape index (κ3) is 7.69. The van der Waals surface area contributed by atoms with Crippen LogP contribution in [0.25, 0.3) is 0 Å². The molecule has 290 valence electrons. The summed E-state index contributed by atoms with van der Waals surface area (Å²) in [7, 11) is 0. The van der Waals surface area contributed by atoms with E-state index >= 15 is 0 Å². The molecule has 10 heteroatoms. The van der Waals surface area contributed by atoms with Gasteiger partial charge in [-0.3, -0.25) is 14.5 Å². The summed E-state index contributed by atoms with van der Waals surface area (Å²) in [5, 5.41) is 13.0. The van der Waals surface area contributed by atoms with Gasteiger partial charge in [0.25, 0.3) is 5.91 Å². The van der Waals surface area contributed by atoms with Crippen molar-refractivity contribution in [3.63, 3.8) is 0 Å². The van der Waals surface area contributed by atoms with Crippen molar-refractivity contribution < 1.29 is 24.2 Å². The minimum atomic E-state index is -0.491. The van der Waals surface area contributed by atoms with E-state index in [-0.39, 0.29) is 17.7 Å². The molecule has 9 rings (SSSR count). The predicted octanol–water partition coefficient (Wildman–Crippen LogP) is 7.39. The van der Waals surface area contributed by atoms with Gasteiger partial charge in [0.05, 0.1) is 6.20 Å². The maximum Gasteiger partial charge on any atom is 0.255 e. The van der Waals surface area contributed by atoms with Gasteiger partial charge in [0.15, 0.2) is 0 Å². The molecule has 0 bridgehead atoms. The number of allylic oxidation sites excluding steroid dienone is 1. The van der Waals surface area contributed by atoms with Crippen LogP contribution in [0.5, 0.6) is 23.0 Å². The van der Waals surface area contributed by atoms with Crippen molar-refractivity contribution in [1.82, 2.24) is 20.1 Å². The van der Waals surface area contributed by atoms with Crippen molar-refractivity contribution in [1.29, 1.82) is 0 Å². The third-order valence-corrected chi connectivity index (χ3v) is 12.0. The van der Waals surface area contributed by atoms with Crippen molar-refractivity contribution in [2.24, 2.45) is 0 Å². The fraction of sp³-hybridized carbons (Fsp3) is 0.298. The monoisotopic (exact) mass is 761 g/mol. The molecule has 3 atom stereocenters. The maximum absolute atomic E-state index is 13.1. The fourth-order valence-electron chi connectivity index (χ4n) is 8.99. The smallest absolute Gasteiger partial charge is 0.255 e. The Morgan fingerprint density at radius 2 is 1.58 bits per heavy atom. The lowest BCUT2D eigenvalue weighted by Gasteiger charge is -2.35. The lowest BCUT2D eigenvalue weighted by Crippen LogP contribution is -2.49. The Morgan fingerprint density at radius 3 is 2.35 bits per heavy atom. The summed E-state index contributed by atoms with van der Waals surface area (Å²) in [5.41, 5.74) is 7.29. The van der Waals surface area contributed by atoms with Crippen LogP contribution in [0.3, 0.4) is 0 Å². The highest BCUT2D eigenvalue weighted by atomic mass is 16.5. The van der Waals surface area contributed by atoms with Crippen molar-refractivity contribution in [3.8, 4) is 23.0 Å². The molecule has 1 unspecified atom stereocenters. The van der Waals surface area contributed by atoms with Gasteiger partial charge in [-0.2, -0.15) is 0 Å². The zero-order valence-electron chi connectivity index (χ0n) is 32.0. The molecule has 3 aliphatic heterocycles. The van der Waals surface area contributed by atoms with Crippen molar-refractivity contribution >= 4 is 17.6 Å². The van der Waals surface area contributed by atoms with Gasteiger partial charge in [0.2, 0.25) is 5.91 Å². The SMILES string of the molecule is C=C1CCC(N2Cc3cc(Oc4ccc(N5CCN(CCOc6ccc([C@@H]7c8ccc(O)cc8CC[C@@H]7c7ccccc7)cc6)CC5)nc4)ccc3C2=O)C(=O)N1. The number of benzene rings is 4. The first-order valence-electron chi connectivity index (χ1n) is 20.0. The van der Waals surface area contributed by atoms with E-state index in [1.54, 1.807) is 23.2 Å². The van der Waals surface area contributed by atoms with Gasteiger partial charge < -0.3 is 29.7 Å². The number of carbonyl (C=O) groups excluding carboxylic acids is 2. The number of anilines is 1. The van der Waals surface area contributed by atoms with Crippen LogP contribution in [-0.4, -0.2) is 77.1 Å². The third-order valence-electron chi connectivity index (χ3n) is 12.0. The minimum absolute atomic E-state index is 0.129. The van der Waals surface area contributed by atoms with E-state index < -0.39 is 6.04 Å². The Labute approximate surface area is 333 Å². The molecule has 1 aromatic heterocycles. The molecule has 5 aromatic rings. The van der Waals surface area contributed by atoms with E-state index in [0.717, 1.165) is 62.7 Å². The highest BCUT2D eigenvalue weighted by Crippen LogP contribution is 2.47. The zero-order valence-corrected chi connectivity index (χ0v) is 32.0. The number of hydrogen-bond donors (Lipinski definition) is 2. The van der Waals surface area contributed by atoms with Gasteiger partial charge in [-0.1, -0.05) is 55.1 Å². The van der Waals surface area contributed by atoms with Crippen LogP contribution in [-0.2, 0) is 17.8 Å². The second-order valence-corrected chi connectivity index (χ2v) is 15.5. The van der Waals surface area contributed by atoms with Crippen molar-refractivity contribution in [2.45, 2.75) is 50.1 Å². The molecule has 2 N–H and O–H groups in total. The fourth-order valence-corrected chi connectivity index (χ4v) is 8.99. The number of aromatic nitrogens is 1. The topological polar surface area (TPSA) is 107 Å². The Morgan fingerprint density at radius 1 is 0.789 bits per heavy atom. The number of carbonyl (C=O) groups is 2. The lowest BCUT2D eigenvalue weighted by molar-refractivity contribution is -0.126. The first kappa shape index (κ1) is 36.5. The second kappa shape index (κ2) is 15.8. The van der Waals surface area contributed by atoms with E-state index in [4.69, 9.17) is 14.5 Å². The van der Waals surface area contributed by atoms with E-state index in [2.05, 4.69) is 82.4 Å². The lowest BCUT2D eigenvalue weighted by atomic mass is 9.69. The van der Waals surface area contributed by atoms with Crippen LogP contribution in [0.4, 0.5) is 5.82 Å². The van der Waals surface area contributed by atoms with Gasteiger partial charge in [0, 0.05) is 56.4 Å². The molecule has 10 nitrogen and oxygen atoms in total. The average molecular weight is 762 g/mol. The Hall–Kier alpha value is -6.13. The number of phenols is 1. The normalized spacial score (nSPS) is 20.8. The number of piperidine rings is 1. The summed E-state index contributed by atoms with van der Waals surface area (Å²) in [6.45, 7) is 9.25. The number of amides is 2. The van der Waals surface area contributed by atoms with Crippen LogP contribution >= 0.6 is 0 Å². The minimum Gasteiger partial charge on any atom is -0.508 e. The molecule has 2 saturated heterocycles. The number of phenolic OH excluding ortho intramolecular Hbond substituents is 1. The summed E-state index contributed by atoms with van der Waals surface area (Å²) < 4.78 is 12.4. The summed E-state index contributed by atoms with van der Waals surface area (Å²) >= 11 is 0. The molecule has 2 amide bonds. The summed E-state index contributed by atoms with van der Waals surface area (Å²) in [6, 6.07) is 34.1. The van der Waals surface area contributed by atoms with E-state index in [0.29, 0.717) is 60.4 Å². The van der Waals surface area contributed by atoms with Crippen LogP contribution in [0.15, 0.2) is 122 Å². The molecule has 2 fully saturated rings. The second-order valence-electron chi connectivity index (χ2n) is 15.5.